The molecule has 0 aliphatic carbocycles. The van der Waals surface area contributed by atoms with Gasteiger partial charge in [0, 0.05) is 43.2 Å². The van der Waals surface area contributed by atoms with Crippen molar-refractivity contribution in [3.8, 4) is 0 Å². The van der Waals surface area contributed by atoms with E-state index in [0.717, 1.165) is 4.90 Å². The van der Waals surface area contributed by atoms with Crippen LogP contribution >= 0.6 is 11.8 Å². The fourth-order valence-electron chi connectivity index (χ4n) is 2.83. The molecule has 2 heterocycles. The van der Waals surface area contributed by atoms with E-state index in [1.54, 1.807) is 19.1 Å². The van der Waals surface area contributed by atoms with Gasteiger partial charge in [0.1, 0.15) is 0 Å². The Bertz CT molecular complexity index is 804. The summed E-state index contributed by atoms with van der Waals surface area (Å²) >= 11 is 1.53. The Morgan fingerprint density at radius 2 is 2.00 bits per heavy atom. The van der Waals surface area contributed by atoms with Gasteiger partial charge >= 0.3 is 6.09 Å². The highest BCUT2D eigenvalue weighted by Gasteiger charge is 2.31. The molecule has 2 aliphatic rings. The Kier molecular flexibility index (Phi) is 5.73. The van der Waals surface area contributed by atoms with Crippen LogP contribution in [-0.4, -0.2) is 68.2 Å². The summed E-state index contributed by atoms with van der Waals surface area (Å²) in [4.78, 5) is 26.0. The summed E-state index contributed by atoms with van der Waals surface area (Å²) in [7, 11) is -3.69. The minimum atomic E-state index is -3.69. The molecule has 2 aliphatic heterocycles. The fraction of sp³-hybridized carbons (Fsp3) is 0.500. The van der Waals surface area contributed by atoms with Crippen molar-refractivity contribution in [1.82, 2.24) is 9.21 Å². The molecule has 1 fully saturated rings. The zero-order valence-electron chi connectivity index (χ0n) is 14.4. The van der Waals surface area contributed by atoms with Gasteiger partial charge < -0.3 is 15.0 Å². The Morgan fingerprint density at radius 1 is 1.27 bits per heavy atom. The lowest BCUT2D eigenvalue weighted by atomic mass is 10.3. The number of carbonyl (C=O) groups is 2. The van der Waals surface area contributed by atoms with E-state index in [9.17, 15) is 18.0 Å². The number of sulfonamides is 1. The quantitative estimate of drug-likeness (QED) is 0.829. The maximum Gasteiger partial charge on any atom is 0.409 e. The second-order valence-electron chi connectivity index (χ2n) is 5.89. The van der Waals surface area contributed by atoms with Gasteiger partial charge in [-0.3, -0.25) is 4.79 Å². The molecular formula is C16H21N3O5S2. The minimum absolute atomic E-state index is 0.117. The molecule has 0 aromatic heterocycles. The van der Waals surface area contributed by atoms with E-state index in [0.29, 0.717) is 17.9 Å². The van der Waals surface area contributed by atoms with Crippen LogP contribution in [0.5, 0.6) is 0 Å². The van der Waals surface area contributed by atoms with Crippen molar-refractivity contribution in [3.05, 3.63) is 18.2 Å². The average molecular weight is 399 g/mol. The number of anilines is 1. The van der Waals surface area contributed by atoms with Crippen molar-refractivity contribution in [2.75, 3.05) is 43.9 Å². The SMILES string of the molecule is CCOC(=O)N1CCN(S(=O)(=O)c2ccc3c(c2)NC(=O)CCS3)CC1. The molecule has 0 unspecified atom stereocenters. The van der Waals surface area contributed by atoms with Crippen molar-refractivity contribution >= 4 is 39.5 Å². The molecule has 26 heavy (non-hydrogen) atoms. The first-order valence-electron chi connectivity index (χ1n) is 8.40. The summed E-state index contributed by atoms with van der Waals surface area (Å²) in [6.45, 7) is 3.01. The lowest BCUT2D eigenvalue weighted by molar-refractivity contribution is -0.115. The Hall–Kier alpha value is -1.78. The van der Waals surface area contributed by atoms with E-state index in [1.807, 2.05) is 0 Å². The molecule has 0 radical (unpaired) electrons. The van der Waals surface area contributed by atoms with Gasteiger partial charge in [0.2, 0.25) is 15.9 Å². The van der Waals surface area contributed by atoms with Crippen LogP contribution < -0.4 is 5.32 Å². The van der Waals surface area contributed by atoms with Crippen molar-refractivity contribution < 1.29 is 22.7 Å². The summed E-state index contributed by atoms with van der Waals surface area (Å²) in [6.07, 6.45) is -0.0219. The van der Waals surface area contributed by atoms with Gasteiger partial charge in [0.25, 0.3) is 0 Å². The highest BCUT2D eigenvalue weighted by atomic mass is 32.2. The van der Waals surface area contributed by atoms with E-state index in [4.69, 9.17) is 4.74 Å². The van der Waals surface area contributed by atoms with Gasteiger partial charge in [-0.2, -0.15) is 4.31 Å². The molecule has 0 atom stereocenters. The van der Waals surface area contributed by atoms with Crippen LogP contribution in [-0.2, 0) is 19.6 Å². The minimum Gasteiger partial charge on any atom is -0.450 e. The summed E-state index contributed by atoms with van der Waals surface area (Å²) in [5.41, 5.74) is 0.531. The van der Waals surface area contributed by atoms with Crippen molar-refractivity contribution in [1.29, 1.82) is 0 Å². The third-order valence-electron chi connectivity index (χ3n) is 4.21. The molecule has 1 N–H and O–H groups in total. The predicted octanol–water partition coefficient (Wildman–Crippen LogP) is 1.58. The number of piperazine rings is 1. The van der Waals surface area contributed by atoms with Gasteiger partial charge in [0.05, 0.1) is 17.2 Å². The van der Waals surface area contributed by atoms with Crippen LogP contribution in [0.25, 0.3) is 0 Å². The van der Waals surface area contributed by atoms with Gasteiger partial charge in [-0.15, -0.1) is 11.8 Å². The second-order valence-corrected chi connectivity index (χ2v) is 8.97. The molecule has 1 saturated heterocycles. The molecule has 0 spiro atoms. The highest BCUT2D eigenvalue weighted by molar-refractivity contribution is 7.99. The average Bonchev–Trinajstić information content (AvgIpc) is 2.81. The van der Waals surface area contributed by atoms with Crippen LogP contribution in [0.4, 0.5) is 10.5 Å². The van der Waals surface area contributed by atoms with Crippen molar-refractivity contribution in [3.63, 3.8) is 0 Å². The number of nitrogens with zero attached hydrogens (tertiary/aromatic N) is 2. The topological polar surface area (TPSA) is 96.0 Å². The molecule has 3 rings (SSSR count). The van der Waals surface area contributed by atoms with E-state index < -0.39 is 16.1 Å². The number of nitrogens with one attached hydrogen (secondary N) is 1. The number of fused-ring (bicyclic) bond motifs is 1. The molecule has 1 aromatic carbocycles. The standard InChI is InChI=1S/C16H21N3O5S2/c1-2-24-16(21)18-6-8-19(9-7-18)26(22,23)12-3-4-14-13(11-12)17-15(20)5-10-25-14/h3-4,11H,2,5-10H2,1H3,(H,17,20). The molecule has 0 saturated carbocycles. The third kappa shape index (κ3) is 3.97. The highest BCUT2D eigenvalue weighted by Crippen LogP contribution is 2.33. The summed E-state index contributed by atoms with van der Waals surface area (Å²) in [5.74, 6) is 0.551. The van der Waals surface area contributed by atoms with Crippen LogP contribution in [0.1, 0.15) is 13.3 Å². The second kappa shape index (κ2) is 7.85. The smallest absolute Gasteiger partial charge is 0.409 e. The zero-order valence-corrected chi connectivity index (χ0v) is 16.1. The summed E-state index contributed by atoms with van der Waals surface area (Å²) in [5, 5.41) is 2.76. The lowest BCUT2D eigenvalue weighted by Gasteiger charge is -2.33. The molecule has 142 valence electrons. The van der Waals surface area contributed by atoms with E-state index in [1.165, 1.54) is 27.0 Å². The molecule has 8 nitrogen and oxygen atoms in total. The first kappa shape index (κ1) is 19.0. The molecule has 1 aromatic rings. The Balaban J connectivity index is 1.75. The predicted molar refractivity (Wildman–Crippen MR) is 97.8 cm³/mol. The summed E-state index contributed by atoms with van der Waals surface area (Å²) < 4.78 is 32.1. The number of benzene rings is 1. The van der Waals surface area contributed by atoms with Gasteiger partial charge in [-0.25, -0.2) is 13.2 Å². The van der Waals surface area contributed by atoms with E-state index in [2.05, 4.69) is 5.32 Å². The molecular weight excluding hydrogens is 378 g/mol. The number of carbonyl (C=O) groups excluding carboxylic acids is 2. The van der Waals surface area contributed by atoms with E-state index in [-0.39, 0.29) is 43.6 Å². The van der Waals surface area contributed by atoms with Crippen LogP contribution in [0.2, 0.25) is 0 Å². The first-order valence-corrected chi connectivity index (χ1v) is 10.8. The Morgan fingerprint density at radius 3 is 2.69 bits per heavy atom. The van der Waals surface area contributed by atoms with Crippen molar-refractivity contribution in [2.45, 2.75) is 23.1 Å². The number of thioether (sulfide) groups is 1. The third-order valence-corrected chi connectivity index (χ3v) is 7.18. The van der Waals surface area contributed by atoms with Crippen LogP contribution in [0.15, 0.2) is 28.0 Å². The fourth-order valence-corrected chi connectivity index (χ4v) is 5.22. The largest absolute Gasteiger partial charge is 0.450 e. The van der Waals surface area contributed by atoms with Crippen LogP contribution in [0.3, 0.4) is 0 Å². The number of rotatable bonds is 3. The number of hydrogen-bond acceptors (Lipinski definition) is 6. The zero-order chi connectivity index (χ0) is 18.7. The normalized spacial score (nSPS) is 18.7. The number of ether oxygens (including phenoxy) is 1. The molecule has 2 amide bonds. The lowest BCUT2D eigenvalue weighted by Crippen LogP contribution is -2.50. The van der Waals surface area contributed by atoms with Crippen LogP contribution in [0, 0.1) is 0 Å². The summed E-state index contributed by atoms with van der Waals surface area (Å²) in [6, 6.07) is 4.81. The van der Waals surface area contributed by atoms with Gasteiger partial charge in [-0.05, 0) is 25.1 Å². The number of amides is 2. The number of hydrogen-bond donors (Lipinski definition) is 1. The first-order chi connectivity index (χ1) is 12.4. The maximum atomic E-state index is 12.9. The van der Waals surface area contributed by atoms with Gasteiger partial charge in [0.15, 0.2) is 0 Å². The van der Waals surface area contributed by atoms with Crippen molar-refractivity contribution in [2.24, 2.45) is 0 Å². The molecule has 10 heteroatoms. The molecule has 0 bridgehead atoms. The maximum absolute atomic E-state index is 12.9. The monoisotopic (exact) mass is 399 g/mol. The Labute approximate surface area is 156 Å². The van der Waals surface area contributed by atoms with Gasteiger partial charge in [-0.1, -0.05) is 0 Å². The van der Waals surface area contributed by atoms with E-state index >= 15 is 0 Å².